The van der Waals surface area contributed by atoms with Gasteiger partial charge in [0.05, 0.1) is 5.02 Å². The van der Waals surface area contributed by atoms with Crippen LogP contribution in [0.4, 0.5) is 0 Å². The second-order valence-electron chi connectivity index (χ2n) is 6.06. The lowest BCUT2D eigenvalue weighted by Gasteiger charge is -2.34. The van der Waals surface area contributed by atoms with Crippen LogP contribution in [0.2, 0.25) is 20.1 Å². The predicted octanol–water partition coefficient (Wildman–Crippen LogP) is 5.89. The van der Waals surface area contributed by atoms with Crippen LogP contribution in [0.25, 0.3) is 0 Å². The molecule has 1 atom stereocenters. The van der Waals surface area contributed by atoms with Crippen LogP contribution in [-0.2, 0) is 14.9 Å². The maximum atomic E-state index is 13.0. The van der Waals surface area contributed by atoms with Crippen LogP contribution in [0.3, 0.4) is 0 Å². The molecule has 0 aliphatic carbocycles. The van der Waals surface area contributed by atoms with E-state index in [1.54, 1.807) is 6.07 Å². The van der Waals surface area contributed by atoms with Crippen molar-refractivity contribution in [3.63, 3.8) is 0 Å². The molecule has 0 aliphatic rings. The van der Waals surface area contributed by atoms with E-state index in [-0.39, 0.29) is 31.2 Å². The maximum Gasteiger partial charge on any atom is 0.283 e. The molecule has 1 unspecified atom stereocenters. The fraction of sp³-hybridized carbons (Fsp3) is 0.0526. The lowest BCUT2D eigenvalue weighted by atomic mass is 9.83. The number of halogens is 4. The summed E-state index contributed by atoms with van der Waals surface area (Å²) in [5.74, 6) is -1.63. The number of hydrogen-bond donors (Lipinski definition) is 3. The highest BCUT2D eigenvalue weighted by atomic mass is 35.5. The second-order valence-corrected chi connectivity index (χ2v) is 9.28. The largest absolute Gasteiger partial charge is 0.504 e. The first-order chi connectivity index (χ1) is 13.5. The van der Waals surface area contributed by atoms with Crippen LogP contribution in [0.5, 0.6) is 11.5 Å². The third-order valence-corrected chi connectivity index (χ3v) is 6.96. The Bertz CT molecular complexity index is 1180. The SMILES string of the molecule is O=S(=O)(O)C(c1ccccc1)(c1ccc(Cl)c(O)c1O)c1c(Cl)cc(Cl)cc1Cl. The molecule has 152 valence electrons. The van der Waals surface area contributed by atoms with Gasteiger partial charge in [-0.15, -0.1) is 0 Å². The number of aromatic hydroxyl groups is 2. The summed E-state index contributed by atoms with van der Waals surface area (Å²) in [6.07, 6.45) is 0. The molecule has 3 aromatic carbocycles. The smallest absolute Gasteiger partial charge is 0.283 e. The Labute approximate surface area is 186 Å². The Hall–Kier alpha value is -1.67. The van der Waals surface area contributed by atoms with Gasteiger partial charge in [-0.2, -0.15) is 8.42 Å². The van der Waals surface area contributed by atoms with Gasteiger partial charge in [0, 0.05) is 26.2 Å². The van der Waals surface area contributed by atoms with Crippen molar-refractivity contribution in [2.24, 2.45) is 0 Å². The molecule has 0 fully saturated rings. The van der Waals surface area contributed by atoms with Crippen molar-refractivity contribution in [1.82, 2.24) is 0 Å². The number of hydrogen-bond acceptors (Lipinski definition) is 4. The maximum absolute atomic E-state index is 13.0. The fourth-order valence-corrected chi connectivity index (χ4v) is 5.96. The molecule has 29 heavy (non-hydrogen) atoms. The highest BCUT2D eigenvalue weighted by Gasteiger charge is 2.52. The third kappa shape index (κ3) is 3.54. The summed E-state index contributed by atoms with van der Waals surface area (Å²) < 4.78 is 33.9. The normalized spacial score (nSPS) is 13.8. The lowest BCUT2D eigenvalue weighted by molar-refractivity contribution is 0.394. The van der Waals surface area contributed by atoms with E-state index in [0.29, 0.717) is 0 Å². The van der Waals surface area contributed by atoms with Crippen LogP contribution in [0.1, 0.15) is 16.7 Å². The Morgan fingerprint density at radius 3 is 1.83 bits per heavy atom. The number of benzene rings is 3. The van der Waals surface area contributed by atoms with Crippen molar-refractivity contribution in [2.75, 3.05) is 0 Å². The van der Waals surface area contributed by atoms with Crippen molar-refractivity contribution in [1.29, 1.82) is 0 Å². The van der Waals surface area contributed by atoms with Gasteiger partial charge in [-0.1, -0.05) is 82.8 Å². The highest BCUT2D eigenvalue weighted by Crippen LogP contribution is 2.54. The van der Waals surface area contributed by atoms with E-state index in [0.717, 1.165) is 6.07 Å². The van der Waals surface area contributed by atoms with Gasteiger partial charge in [-0.25, -0.2) is 0 Å². The van der Waals surface area contributed by atoms with Crippen molar-refractivity contribution in [3.05, 3.63) is 91.4 Å². The zero-order chi connectivity index (χ0) is 21.6. The van der Waals surface area contributed by atoms with E-state index in [1.807, 2.05) is 0 Å². The molecule has 0 aromatic heterocycles. The summed E-state index contributed by atoms with van der Waals surface area (Å²) >= 11 is 24.5. The molecule has 0 radical (unpaired) electrons. The molecule has 5 nitrogen and oxygen atoms in total. The number of phenols is 2. The van der Waals surface area contributed by atoms with Crippen molar-refractivity contribution in [3.8, 4) is 11.5 Å². The number of phenolic OH excluding ortho intramolecular Hbond substituents is 2. The minimum Gasteiger partial charge on any atom is -0.504 e. The second kappa shape index (κ2) is 7.87. The summed E-state index contributed by atoms with van der Waals surface area (Å²) in [5.41, 5.74) is -0.652. The Kier molecular flexibility index (Phi) is 5.98. The summed E-state index contributed by atoms with van der Waals surface area (Å²) in [4.78, 5) is 0. The minimum absolute atomic E-state index is 0.00523. The monoisotopic (exact) mass is 492 g/mol. The van der Waals surface area contributed by atoms with E-state index >= 15 is 0 Å². The third-order valence-electron chi connectivity index (χ3n) is 4.41. The molecule has 10 heteroatoms. The molecular formula is C19H12Cl4O5S. The summed E-state index contributed by atoms with van der Waals surface area (Å²) in [7, 11) is -5.12. The van der Waals surface area contributed by atoms with Gasteiger partial charge in [0.1, 0.15) is 0 Å². The molecule has 0 heterocycles. The zero-order valence-corrected chi connectivity index (χ0v) is 18.1. The topological polar surface area (TPSA) is 94.8 Å². The Balaban J connectivity index is 2.64. The van der Waals surface area contributed by atoms with E-state index in [1.165, 1.54) is 42.5 Å². The first-order valence-electron chi connectivity index (χ1n) is 7.90. The van der Waals surface area contributed by atoms with Gasteiger partial charge in [0.15, 0.2) is 16.2 Å². The molecular weight excluding hydrogens is 482 g/mol. The standard InChI is InChI=1S/C19H12Cl4O5S/c20-11-8-14(22)16(15(23)9-11)19(29(26,27)28,10-4-2-1-3-5-10)12-6-7-13(21)18(25)17(12)24/h1-9,24-25H,(H,26,27,28). The zero-order valence-electron chi connectivity index (χ0n) is 14.3. The average Bonchev–Trinajstić information content (AvgIpc) is 2.63. The van der Waals surface area contributed by atoms with E-state index < -0.39 is 31.9 Å². The van der Waals surface area contributed by atoms with E-state index in [2.05, 4.69) is 0 Å². The van der Waals surface area contributed by atoms with Crippen LogP contribution in [-0.4, -0.2) is 23.2 Å². The Morgan fingerprint density at radius 2 is 1.31 bits per heavy atom. The molecule has 3 N–H and O–H groups in total. The molecule has 0 spiro atoms. The fourth-order valence-electron chi connectivity index (χ4n) is 3.24. The summed E-state index contributed by atoms with van der Waals surface area (Å²) in [6.45, 7) is 0. The molecule has 0 amide bonds. The van der Waals surface area contributed by atoms with Crippen LogP contribution >= 0.6 is 46.4 Å². The van der Waals surface area contributed by atoms with Crippen LogP contribution in [0.15, 0.2) is 54.6 Å². The first-order valence-corrected chi connectivity index (χ1v) is 10.9. The van der Waals surface area contributed by atoms with Crippen molar-refractivity contribution < 1.29 is 23.2 Å². The van der Waals surface area contributed by atoms with Crippen molar-refractivity contribution in [2.45, 2.75) is 4.75 Å². The highest BCUT2D eigenvalue weighted by molar-refractivity contribution is 7.87. The first kappa shape index (κ1) is 22.0. The molecule has 3 aromatic rings. The number of rotatable bonds is 4. The van der Waals surface area contributed by atoms with Gasteiger partial charge in [-0.05, 0) is 23.8 Å². The summed E-state index contributed by atoms with van der Waals surface area (Å²) in [5, 5.41) is 20.3. The lowest BCUT2D eigenvalue weighted by Crippen LogP contribution is -2.39. The molecule has 0 bridgehead atoms. The predicted molar refractivity (Wildman–Crippen MR) is 114 cm³/mol. The van der Waals surface area contributed by atoms with E-state index in [9.17, 15) is 23.2 Å². The van der Waals surface area contributed by atoms with Gasteiger partial charge >= 0.3 is 0 Å². The summed E-state index contributed by atoms with van der Waals surface area (Å²) in [6, 6.07) is 12.3. The molecule has 0 saturated heterocycles. The molecule has 0 saturated carbocycles. The quantitative estimate of drug-likeness (QED) is 0.239. The van der Waals surface area contributed by atoms with Gasteiger partial charge < -0.3 is 10.2 Å². The van der Waals surface area contributed by atoms with Gasteiger partial charge in [-0.3, -0.25) is 4.55 Å². The van der Waals surface area contributed by atoms with Crippen molar-refractivity contribution >= 4 is 56.5 Å². The van der Waals surface area contributed by atoms with Crippen LogP contribution in [0, 0.1) is 0 Å². The van der Waals surface area contributed by atoms with Gasteiger partial charge in [0.2, 0.25) is 0 Å². The van der Waals surface area contributed by atoms with Crippen LogP contribution < -0.4 is 0 Å². The Morgan fingerprint density at radius 1 is 0.759 bits per heavy atom. The molecule has 0 aliphatic heterocycles. The van der Waals surface area contributed by atoms with Gasteiger partial charge in [0.25, 0.3) is 10.1 Å². The molecule has 3 rings (SSSR count). The average molecular weight is 494 g/mol. The van der Waals surface area contributed by atoms with E-state index in [4.69, 9.17) is 46.4 Å². The minimum atomic E-state index is -5.12.